The average Bonchev–Trinajstić information content (AvgIpc) is 3.34. The van der Waals surface area contributed by atoms with Crippen LogP contribution < -0.4 is 21.2 Å². The summed E-state index contributed by atoms with van der Waals surface area (Å²) in [5.74, 6) is 0.346. The summed E-state index contributed by atoms with van der Waals surface area (Å²) in [7, 11) is -0.591. The van der Waals surface area contributed by atoms with Crippen molar-refractivity contribution >= 4 is 41.5 Å². The summed E-state index contributed by atoms with van der Waals surface area (Å²) in [6.45, 7) is 1.10. The fourth-order valence-corrected chi connectivity index (χ4v) is 8.65. The van der Waals surface area contributed by atoms with Gasteiger partial charge in [0.15, 0.2) is 5.11 Å². The normalized spacial score (nSPS) is 18.7. The maximum absolute atomic E-state index is 13.2. The number of alkyl halides is 4. The number of benzene rings is 3. The molecule has 2 nitrogen and oxygen atoms in total. The molecule has 0 amide bonds. The molecule has 1 aliphatic carbocycles. The van der Waals surface area contributed by atoms with Gasteiger partial charge in [-0.2, -0.15) is 13.2 Å². The number of hydrogen-bond acceptors (Lipinski definition) is 1. The Bertz CT molecular complexity index is 1120. The largest absolute Gasteiger partial charge is 0.416 e. The van der Waals surface area contributed by atoms with Crippen LogP contribution in [0, 0.1) is 5.92 Å². The van der Waals surface area contributed by atoms with E-state index >= 15 is 0 Å². The smallest absolute Gasteiger partial charge is 0.360 e. The van der Waals surface area contributed by atoms with E-state index in [1.807, 2.05) is 12.1 Å². The molecule has 2 unspecified atom stereocenters. The van der Waals surface area contributed by atoms with Crippen molar-refractivity contribution in [1.82, 2.24) is 5.32 Å². The Labute approximate surface area is 216 Å². The lowest BCUT2D eigenvalue weighted by Gasteiger charge is -2.34. The summed E-state index contributed by atoms with van der Waals surface area (Å²) in [5.41, 5.74) is -0.374. The minimum Gasteiger partial charge on any atom is -0.360 e. The Hall–Kier alpha value is -2.50. The number of rotatable bonds is 7. The maximum Gasteiger partial charge on any atom is 0.416 e. The van der Waals surface area contributed by atoms with Gasteiger partial charge in [-0.1, -0.05) is 67.1 Å². The van der Waals surface area contributed by atoms with Crippen LogP contribution in [0.25, 0.3) is 0 Å². The molecule has 0 radical (unpaired) electrons. The molecule has 1 aliphatic rings. The highest BCUT2D eigenvalue weighted by atomic mass is 32.1. The second kappa shape index (κ2) is 11.7. The molecule has 0 aliphatic heterocycles. The van der Waals surface area contributed by atoms with E-state index in [4.69, 9.17) is 12.2 Å². The van der Waals surface area contributed by atoms with Gasteiger partial charge in [-0.25, -0.2) is 4.39 Å². The van der Waals surface area contributed by atoms with Gasteiger partial charge < -0.3 is 10.6 Å². The van der Waals surface area contributed by atoms with E-state index in [9.17, 15) is 17.6 Å². The second-order valence-corrected chi connectivity index (χ2v) is 12.0. The van der Waals surface area contributed by atoms with Crippen molar-refractivity contribution in [3.05, 3.63) is 90.0 Å². The summed E-state index contributed by atoms with van der Waals surface area (Å²) < 4.78 is 52.9. The minimum atomic E-state index is -4.56. The van der Waals surface area contributed by atoms with E-state index in [-0.39, 0.29) is 22.4 Å². The lowest BCUT2D eigenvalue weighted by Crippen LogP contribution is -2.43. The summed E-state index contributed by atoms with van der Waals surface area (Å²) in [5, 5.41) is 9.07. The van der Waals surface area contributed by atoms with Gasteiger partial charge in [-0.05, 0) is 85.9 Å². The molecule has 0 aromatic heterocycles. The average molecular weight is 533 g/mol. The predicted octanol–water partition coefficient (Wildman–Crippen LogP) is 7.15. The molecule has 1 fully saturated rings. The van der Waals surface area contributed by atoms with Crippen LogP contribution in [0.4, 0.5) is 23.2 Å². The van der Waals surface area contributed by atoms with Crippen molar-refractivity contribution in [2.45, 2.75) is 50.7 Å². The SMILES string of the molecule is C[C@@H](NC(=S)Nc1cc(CF)cc(C(F)(F)F)c1)C1CCCC1P(c1ccccc1)c1ccccc1. The van der Waals surface area contributed by atoms with Crippen LogP contribution >= 0.6 is 20.1 Å². The molecule has 3 atom stereocenters. The number of anilines is 1. The van der Waals surface area contributed by atoms with Gasteiger partial charge in [0.25, 0.3) is 0 Å². The summed E-state index contributed by atoms with van der Waals surface area (Å²) in [6.07, 6.45) is -1.28. The zero-order chi connectivity index (χ0) is 25.7. The van der Waals surface area contributed by atoms with Gasteiger partial charge in [0.2, 0.25) is 0 Å². The highest BCUT2D eigenvalue weighted by molar-refractivity contribution is 7.80. The Morgan fingerprint density at radius 2 is 1.58 bits per heavy atom. The summed E-state index contributed by atoms with van der Waals surface area (Å²) >= 11 is 5.46. The molecule has 0 saturated heterocycles. The molecule has 1 saturated carbocycles. The first-order chi connectivity index (χ1) is 17.3. The van der Waals surface area contributed by atoms with Crippen molar-refractivity contribution in [1.29, 1.82) is 0 Å². The Balaban J connectivity index is 1.51. The lowest BCUT2D eigenvalue weighted by molar-refractivity contribution is -0.137. The monoisotopic (exact) mass is 532 g/mol. The van der Waals surface area contributed by atoms with E-state index in [0.29, 0.717) is 11.6 Å². The molecule has 0 heterocycles. The van der Waals surface area contributed by atoms with Gasteiger partial charge in [0.05, 0.1) is 5.56 Å². The van der Waals surface area contributed by atoms with Crippen molar-refractivity contribution in [3.63, 3.8) is 0 Å². The van der Waals surface area contributed by atoms with E-state index in [2.05, 4.69) is 66.1 Å². The Kier molecular flexibility index (Phi) is 8.63. The fraction of sp³-hybridized carbons (Fsp3) is 0.321. The Morgan fingerprint density at radius 3 is 2.14 bits per heavy atom. The highest BCUT2D eigenvalue weighted by Crippen LogP contribution is 2.51. The van der Waals surface area contributed by atoms with Crippen molar-refractivity contribution in [2.24, 2.45) is 5.92 Å². The van der Waals surface area contributed by atoms with Crippen molar-refractivity contribution < 1.29 is 17.6 Å². The summed E-state index contributed by atoms with van der Waals surface area (Å²) in [6, 6.07) is 24.4. The second-order valence-electron chi connectivity index (χ2n) is 9.14. The Morgan fingerprint density at radius 1 is 0.972 bits per heavy atom. The molecule has 36 heavy (non-hydrogen) atoms. The van der Waals surface area contributed by atoms with Crippen LogP contribution in [0.15, 0.2) is 78.9 Å². The molecule has 190 valence electrons. The quantitative estimate of drug-likeness (QED) is 0.192. The van der Waals surface area contributed by atoms with Crippen LogP contribution in [0.1, 0.15) is 37.3 Å². The number of hydrogen-bond donors (Lipinski definition) is 2. The van der Waals surface area contributed by atoms with E-state index < -0.39 is 26.3 Å². The van der Waals surface area contributed by atoms with E-state index in [1.165, 1.54) is 16.7 Å². The molecule has 0 bridgehead atoms. The third kappa shape index (κ3) is 6.43. The van der Waals surface area contributed by atoms with Gasteiger partial charge >= 0.3 is 6.18 Å². The first kappa shape index (κ1) is 26.6. The van der Waals surface area contributed by atoms with Crippen LogP contribution in [-0.2, 0) is 12.9 Å². The van der Waals surface area contributed by atoms with Gasteiger partial charge in [0.1, 0.15) is 6.67 Å². The van der Waals surface area contributed by atoms with Gasteiger partial charge in [-0.15, -0.1) is 0 Å². The van der Waals surface area contributed by atoms with E-state index in [0.717, 1.165) is 31.4 Å². The van der Waals surface area contributed by atoms with Crippen LogP contribution in [0.5, 0.6) is 0 Å². The number of thiocarbonyl (C=S) groups is 1. The summed E-state index contributed by atoms with van der Waals surface area (Å²) in [4.78, 5) is 0. The molecule has 4 rings (SSSR count). The van der Waals surface area contributed by atoms with Gasteiger partial charge in [-0.3, -0.25) is 0 Å². The van der Waals surface area contributed by atoms with Gasteiger partial charge in [0, 0.05) is 11.7 Å². The van der Waals surface area contributed by atoms with Crippen molar-refractivity contribution in [2.75, 3.05) is 5.32 Å². The molecule has 0 spiro atoms. The number of halogens is 4. The first-order valence-electron chi connectivity index (χ1n) is 12.0. The third-order valence-electron chi connectivity index (χ3n) is 6.67. The lowest BCUT2D eigenvalue weighted by atomic mass is 9.99. The highest BCUT2D eigenvalue weighted by Gasteiger charge is 2.38. The first-order valence-corrected chi connectivity index (χ1v) is 13.8. The van der Waals surface area contributed by atoms with Crippen LogP contribution in [0.2, 0.25) is 0 Å². The molecule has 3 aromatic rings. The molecular weight excluding hydrogens is 503 g/mol. The molecular formula is C28H29F4N2PS. The molecule has 3 aromatic carbocycles. The molecule has 2 N–H and O–H groups in total. The standard InChI is InChI=1S/C28H29F4N2PS/c1-19(33-27(36)34-22-16-20(18-29)15-21(17-22)28(30,31)32)25-13-8-14-26(25)35(23-9-4-2-5-10-23)24-11-6-3-7-12-24/h2-7,9-12,15-17,19,25-26H,8,13-14,18H2,1H3,(H2,33,34,36)/t19-,25?,26?/m1/s1. The number of nitrogens with one attached hydrogen (secondary N) is 2. The topological polar surface area (TPSA) is 24.1 Å². The zero-order valence-corrected chi connectivity index (χ0v) is 21.6. The third-order valence-corrected chi connectivity index (χ3v) is 9.90. The molecule has 8 heteroatoms. The zero-order valence-electron chi connectivity index (χ0n) is 19.9. The predicted molar refractivity (Wildman–Crippen MR) is 145 cm³/mol. The van der Waals surface area contributed by atoms with E-state index in [1.54, 1.807) is 0 Å². The van der Waals surface area contributed by atoms with Crippen molar-refractivity contribution in [3.8, 4) is 0 Å². The van der Waals surface area contributed by atoms with Crippen LogP contribution in [-0.4, -0.2) is 16.8 Å². The maximum atomic E-state index is 13.2. The fourth-order valence-electron chi connectivity index (χ4n) is 5.07. The van der Waals surface area contributed by atoms with Crippen LogP contribution in [0.3, 0.4) is 0 Å². The minimum absolute atomic E-state index is 0.0152.